The SMILES string of the molecule is O=C(Nc1ccccc1)c1cc(=O)n(-c2ccccc2)[nH]1. The molecule has 2 aromatic carbocycles. The van der Waals surface area contributed by atoms with Crippen LogP contribution < -0.4 is 10.9 Å². The van der Waals surface area contributed by atoms with Crippen LogP contribution >= 0.6 is 0 Å². The summed E-state index contributed by atoms with van der Waals surface area (Å²) in [5, 5.41) is 5.54. The van der Waals surface area contributed by atoms with Gasteiger partial charge in [-0.15, -0.1) is 0 Å². The highest BCUT2D eigenvalue weighted by Crippen LogP contribution is 2.08. The fraction of sp³-hybridized carbons (Fsp3) is 0. The van der Waals surface area contributed by atoms with Gasteiger partial charge in [-0.3, -0.25) is 14.7 Å². The number of hydrogen-bond acceptors (Lipinski definition) is 2. The monoisotopic (exact) mass is 279 g/mol. The summed E-state index contributed by atoms with van der Waals surface area (Å²) in [6.07, 6.45) is 0. The average Bonchev–Trinajstić information content (AvgIpc) is 2.91. The fourth-order valence-corrected chi connectivity index (χ4v) is 2.00. The standard InChI is InChI=1S/C16H13N3O2/c20-15-11-14(16(21)17-12-7-3-1-4-8-12)18-19(15)13-9-5-2-6-10-13/h1-11,18H,(H,17,21). The maximum atomic E-state index is 12.1. The van der Waals surface area contributed by atoms with E-state index in [2.05, 4.69) is 10.4 Å². The van der Waals surface area contributed by atoms with E-state index in [9.17, 15) is 9.59 Å². The number of benzene rings is 2. The molecular formula is C16H13N3O2. The number of anilines is 1. The predicted octanol–water partition coefficient (Wildman–Crippen LogP) is 2.42. The highest BCUT2D eigenvalue weighted by molar-refractivity contribution is 6.02. The maximum absolute atomic E-state index is 12.1. The smallest absolute Gasteiger partial charge is 0.273 e. The Labute approximate surface area is 120 Å². The third-order valence-electron chi connectivity index (χ3n) is 3.01. The van der Waals surface area contributed by atoms with Gasteiger partial charge in [-0.2, -0.15) is 0 Å². The Balaban J connectivity index is 1.87. The number of aromatic nitrogens is 2. The molecule has 1 amide bonds. The summed E-state index contributed by atoms with van der Waals surface area (Å²) in [6.45, 7) is 0. The summed E-state index contributed by atoms with van der Waals surface area (Å²) < 4.78 is 1.33. The van der Waals surface area contributed by atoms with E-state index in [1.807, 2.05) is 36.4 Å². The molecule has 21 heavy (non-hydrogen) atoms. The van der Waals surface area contributed by atoms with E-state index in [0.717, 1.165) is 0 Å². The van der Waals surface area contributed by atoms with Gasteiger partial charge >= 0.3 is 0 Å². The highest BCUT2D eigenvalue weighted by Gasteiger charge is 2.12. The first-order chi connectivity index (χ1) is 10.2. The van der Waals surface area contributed by atoms with E-state index in [0.29, 0.717) is 11.4 Å². The molecule has 0 spiro atoms. The fourth-order valence-electron chi connectivity index (χ4n) is 2.00. The number of H-pyrrole nitrogens is 1. The first kappa shape index (κ1) is 12.9. The van der Waals surface area contributed by atoms with Crippen LogP contribution in [0.4, 0.5) is 5.69 Å². The zero-order valence-electron chi connectivity index (χ0n) is 11.1. The van der Waals surface area contributed by atoms with Gasteiger partial charge < -0.3 is 5.32 Å². The van der Waals surface area contributed by atoms with Crippen LogP contribution in [0.15, 0.2) is 71.5 Å². The first-order valence-corrected chi connectivity index (χ1v) is 6.48. The number of amides is 1. The number of rotatable bonds is 3. The van der Waals surface area contributed by atoms with Gasteiger partial charge in [0.2, 0.25) is 0 Å². The summed E-state index contributed by atoms with van der Waals surface area (Å²) in [4.78, 5) is 24.1. The molecule has 0 unspecified atom stereocenters. The first-order valence-electron chi connectivity index (χ1n) is 6.48. The van der Waals surface area contributed by atoms with Gasteiger partial charge in [0.25, 0.3) is 11.5 Å². The molecular weight excluding hydrogens is 266 g/mol. The number of carbonyl (C=O) groups is 1. The topological polar surface area (TPSA) is 66.9 Å². The van der Waals surface area contributed by atoms with E-state index >= 15 is 0 Å². The van der Waals surface area contributed by atoms with E-state index in [1.54, 1.807) is 24.3 Å². The second-order valence-corrected chi connectivity index (χ2v) is 4.50. The maximum Gasteiger partial charge on any atom is 0.273 e. The Morgan fingerprint density at radius 3 is 2.24 bits per heavy atom. The Bertz CT molecular complexity index is 804. The van der Waals surface area contributed by atoms with Crippen molar-refractivity contribution in [2.75, 3.05) is 5.32 Å². The van der Waals surface area contributed by atoms with Crippen molar-refractivity contribution in [3.8, 4) is 5.69 Å². The Hall–Kier alpha value is -3.08. The normalized spacial score (nSPS) is 10.3. The predicted molar refractivity (Wildman–Crippen MR) is 80.8 cm³/mol. The lowest BCUT2D eigenvalue weighted by atomic mass is 10.3. The largest absolute Gasteiger partial charge is 0.321 e. The number of carbonyl (C=O) groups excluding carboxylic acids is 1. The van der Waals surface area contributed by atoms with Crippen molar-refractivity contribution in [3.63, 3.8) is 0 Å². The van der Waals surface area contributed by atoms with Crippen LogP contribution in [0.2, 0.25) is 0 Å². The van der Waals surface area contributed by atoms with Gasteiger partial charge in [0.1, 0.15) is 5.69 Å². The van der Waals surface area contributed by atoms with Crippen molar-refractivity contribution in [1.82, 2.24) is 9.78 Å². The molecule has 0 aliphatic rings. The van der Waals surface area contributed by atoms with Gasteiger partial charge in [-0.05, 0) is 24.3 Å². The van der Waals surface area contributed by atoms with E-state index < -0.39 is 0 Å². The second-order valence-electron chi connectivity index (χ2n) is 4.50. The van der Waals surface area contributed by atoms with Crippen molar-refractivity contribution in [2.24, 2.45) is 0 Å². The molecule has 3 aromatic rings. The van der Waals surface area contributed by atoms with Crippen LogP contribution in [0.3, 0.4) is 0 Å². The summed E-state index contributed by atoms with van der Waals surface area (Å²) in [5.41, 5.74) is 1.30. The molecule has 0 saturated heterocycles. The lowest BCUT2D eigenvalue weighted by Crippen LogP contribution is -2.14. The van der Waals surface area contributed by atoms with Crippen molar-refractivity contribution in [2.45, 2.75) is 0 Å². The lowest BCUT2D eigenvalue weighted by molar-refractivity contribution is 0.102. The molecule has 1 heterocycles. The third-order valence-corrected chi connectivity index (χ3v) is 3.01. The molecule has 5 nitrogen and oxygen atoms in total. The molecule has 1 aromatic heterocycles. The minimum absolute atomic E-state index is 0.215. The Kier molecular flexibility index (Phi) is 3.39. The molecule has 5 heteroatoms. The Morgan fingerprint density at radius 1 is 0.952 bits per heavy atom. The van der Waals surface area contributed by atoms with Crippen LogP contribution in [0.25, 0.3) is 5.69 Å². The van der Waals surface area contributed by atoms with Crippen molar-refractivity contribution in [3.05, 3.63) is 82.8 Å². The molecule has 0 radical (unpaired) electrons. The van der Waals surface area contributed by atoms with Crippen LogP contribution in [0.1, 0.15) is 10.5 Å². The van der Waals surface area contributed by atoms with Crippen LogP contribution in [0.5, 0.6) is 0 Å². The third kappa shape index (κ3) is 2.76. The molecule has 3 rings (SSSR count). The van der Waals surface area contributed by atoms with Gasteiger partial charge in [0, 0.05) is 11.8 Å². The van der Waals surface area contributed by atoms with Crippen molar-refractivity contribution >= 4 is 11.6 Å². The van der Waals surface area contributed by atoms with E-state index in [4.69, 9.17) is 0 Å². The average molecular weight is 279 g/mol. The summed E-state index contributed by atoms with van der Waals surface area (Å²) in [6, 6.07) is 19.5. The zero-order valence-corrected chi connectivity index (χ0v) is 11.1. The minimum Gasteiger partial charge on any atom is -0.321 e. The highest BCUT2D eigenvalue weighted by atomic mass is 16.2. The quantitative estimate of drug-likeness (QED) is 0.773. The lowest BCUT2D eigenvalue weighted by Gasteiger charge is -2.03. The number of nitrogens with one attached hydrogen (secondary N) is 2. The van der Waals surface area contributed by atoms with E-state index in [-0.39, 0.29) is 17.2 Å². The zero-order chi connectivity index (χ0) is 14.7. The summed E-state index contributed by atoms with van der Waals surface area (Å²) >= 11 is 0. The van der Waals surface area contributed by atoms with E-state index in [1.165, 1.54) is 10.7 Å². The van der Waals surface area contributed by atoms with Gasteiger partial charge in [0.15, 0.2) is 0 Å². The van der Waals surface area contributed by atoms with Gasteiger partial charge in [-0.1, -0.05) is 36.4 Å². The molecule has 0 bridgehead atoms. The second kappa shape index (κ2) is 5.50. The number of nitrogens with zero attached hydrogens (tertiary/aromatic N) is 1. The van der Waals surface area contributed by atoms with Crippen LogP contribution in [-0.2, 0) is 0 Å². The van der Waals surface area contributed by atoms with Crippen molar-refractivity contribution < 1.29 is 4.79 Å². The van der Waals surface area contributed by atoms with Crippen LogP contribution in [-0.4, -0.2) is 15.7 Å². The summed E-state index contributed by atoms with van der Waals surface area (Å²) in [7, 11) is 0. The van der Waals surface area contributed by atoms with Crippen LogP contribution in [0, 0.1) is 0 Å². The molecule has 2 N–H and O–H groups in total. The molecule has 0 aliphatic carbocycles. The number of hydrogen-bond donors (Lipinski definition) is 2. The number of para-hydroxylation sites is 2. The molecule has 0 atom stereocenters. The van der Waals surface area contributed by atoms with Gasteiger partial charge in [-0.25, -0.2) is 4.68 Å². The molecule has 0 fully saturated rings. The molecule has 0 saturated carbocycles. The van der Waals surface area contributed by atoms with Crippen molar-refractivity contribution in [1.29, 1.82) is 0 Å². The number of aromatic amines is 1. The Morgan fingerprint density at radius 2 is 1.57 bits per heavy atom. The molecule has 104 valence electrons. The van der Waals surface area contributed by atoms with Gasteiger partial charge in [0.05, 0.1) is 5.69 Å². The minimum atomic E-state index is -0.354. The summed E-state index contributed by atoms with van der Waals surface area (Å²) in [5.74, 6) is -0.354. The molecule has 0 aliphatic heterocycles.